The first-order chi connectivity index (χ1) is 7.14. The van der Waals surface area contributed by atoms with Gasteiger partial charge in [-0.2, -0.15) is 8.42 Å². The molecule has 0 fully saturated rings. The normalized spacial score (nSPS) is 12.1. The Labute approximate surface area is 92.5 Å². The first kappa shape index (κ1) is 12.5. The van der Waals surface area contributed by atoms with Crippen LogP contribution in [0.4, 0.5) is 0 Å². The third kappa shape index (κ3) is 5.14. The molecule has 84 valence electrons. The summed E-state index contributed by atoms with van der Waals surface area (Å²) in [5.41, 5.74) is 0. The van der Waals surface area contributed by atoms with Gasteiger partial charge in [-0.15, -0.1) is 0 Å². The maximum absolute atomic E-state index is 11.5. The van der Waals surface area contributed by atoms with Crippen LogP contribution in [0.1, 0.15) is 19.8 Å². The number of benzene rings is 1. The van der Waals surface area contributed by atoms with Gasteiger partial charge in [-0.25, -0.2) is 0 Å². The molecule has 15 heavy (non-hydrogen) atoms. The van der Waals surface area contributed by atoms with Gasteiger partial charge in [0.25, 0.3) is 0 Å². The van der Waals surface area contributed by atoms with Crippen LogP contribution in [0.25, 0.3) is 0 Å². The zero-order chi connectivity index (χ0) is 11.1. The molecule has 0 saturated heterocycles. The van der Waals surface area contributed by atoms with E-state index < -0.39 is 9.74 Å². The Kier molecular flexibility index (Phi) is 5.06. The third-order valence-corrected chi connectivity index (χ3v) is 5.00. The van der Waals surface area contributed by atoms with Crippen LogP contribution in [0, 0.1) is 0 Å². The van der Waals surface area contributed by atoms with Crippen molar-refractivity contribution in [2.45, 2.75) is 19.8 Å². The molecule has 0 heterocycles. The first-order valence-electron chi connectivity index (χ1n) is 4.88. The zero-order valence-electron chi connectivity index (χ0n) is 8.64. The van der Waals surface area contributed by atoms with Crippen LogP contribution in [0.2, 0.25) is 0 Å². The van der Waals surface area contributed by atoms with Gasteiger partial charge in [0.05, 0.1) is 0 Å². The summed E-state index contributed by atoms with van der Waals surface area (Å²) in [4.78, 5) is 0. The first-order valence-corrected chi connectivity index (χ1v) is 8.22. The van der Waals surface area contributed by atoms with Crippen molar-refractivity contribution in [1.29, 1.82) is 0 Å². The van der Waals surface area contributed by atoms with Crippen molar-refractivity contribution in [3.05, 3.63) is 30.3 Å². The maximum atomic E-state index is 11.5. The summed E-state index contributed by atoms with van der Waals surface area (Å²) in [5, 5.41) is 0. The molecule has 5 heteroatoms. The largest absolute Gasteiger partial charge is 0.380 e. The smallest absolute Gasteiger partial charge is 0.321 e. The minimum absolute atomic E-state index is 0.159. The van der Waals surface area contributed by atoms with E-state index in [0.29, 0.717) is 11.9 Å². The van der Waals surface area contributed by atoms with Crippen molar-refractivity contribution in [1.82, 2.24) is 0 Å². The van der Waals surface area contributed by atoms with Crippen LogP contribution in [0.5, 0.6) is 5.75 Å². The van der Waals surface area contributed by atoms with E-state index in [1.807, 2.05) is 13.0 Å². The highest BCUT2D eigenvalue weighted by atomic mass is 32.8. The number of hydrogen-bond donors (Lipinski definition) is 0. The van der Waals surface area contributed by atoms with E-state index >= 15 is 0 Å². The molecule has 0 aromatic heterocycles. The monoisotopic (exact) mass is 246 g/mol. The van der Waals surface area contributed by atoms with Gasteiger partial charge in [0.2, 0.25) is 0 Å². The van der Waals surface area contributed by atoms with E-state index in [4.69, 9.17) is 4.18 Å². The van der Waals surface area contributed by atoms with Crippen molar-refractivity contribution in [3.8, 4) is 5.75 Å². The molecular weight excluding hydrogens is 231 g/mol. The molecular formula is C10H15O3PS. The molecule has 1 rings (SSSR count). The molecule has 3 nitrogen and oxygen atoms in total. The highest BCUT2D eigenvalue weighted by molar-refractivity contribution is 8.41. The standard InChI is InChI=1S/C10H15O3PS/c1-2-3-9-14-15(11,12)13-10-7-5-4-6-8-10/h4-8,14H,2-3,9H2,1H3. The minimum atomic E-state index is -3.38. The summed E-state index contributed by atoms with van der Waals surface area (Å²) in [6.45, 7) is 2.04. The number of hydrogen-bond acceptors (Lipinski definition) is 3. The number of unbranched alkanes of at least 4 members (excludes halogenated alkanes) is 1. The van der Waals surface area contributed by atoms with Crippen LogP contribution in [-0.2, 0) is 9.74 Å². The zero-order valence-corrected chi connectivity index (χ0v) is 10.5. The third-order valence-electron chi connectivity index (χ3n) is 1.76. The Morgan fingerprint density at radius 1 is 1.27 bits per heavy atom. The predicted molar refractivity (Wildman–Crippen MR) is 64.1 cm³/mol. The van der Waals surface area contributed by atoms with E-state index in [-0.39, 0.29) is 7.78 Å². The Balaban J connectivity index is 2.50. The summed E-state index contributed by atoms with van der Waals surface area (Å²) in [6.07, 6.45) is 2.62. The second-order valence-corrected chi connectivity index (χ2v) is 7.33. The number of para-hydroxylation sites is 1. The van der Waals surface area contributed by atoms with E-state index in [1.54, 1.807) is 24.3 Å². The topological polar surface area (TPSA) is 43.4 Å². The van der Waals surface area contributed by atoms with E-state index in [2.05, 4.69) is 0 Å². The van der Waals surface area contributed by atoms with Crippen molar-refractivity contribution in [2.75, 3.05) is 6.16 Å². The predicted octanol–water partition coefficient (Wildman–Crippen LogP) is 2.79. The molecule has 1 atom stereocenters. The fourth-order valence-corrected chi connectivity index (χ4v) is 3.83. The van der Waals surface area contributed by atoms with Gasteiger partial charge >= 0.3 is 9.74 Å². The van der Waals surface area contributed by atoms with Crippen LogP contribution in [0.3, 0.4) is 0 Å². The lowest BCUT2D eigenvalue weighted by Gasteiger charge is -2.05. The molecule has 0 saturated carbocycles. The summed E-state index contributed by atoms with van der Waals surface area (Å²) in [5.74, 6) is 0.390. The highest BCUT2D eigenvalue weighted by Gasteiger charge is 2.11. The maximum Gasteiger partial charge on any atom is 0.321 e. The molecule has 0 radical (unpaired) electrons. The van der Waals surface area contributed by atoms with Crippen LogP contribution in [-0.4, -0.2) is 14.6 Å². The average molecular weight is 246 g/mol. The Morgan fingerprint density at radius 2 is 1.93 bits per heavy atom. The summed E-state index contributed by atoms with van der Waals surface area (Å²) >= 11 is 0. The van der Waals surface area contributed by atoms with E-state index in [9.17, 15) is 8.42 Å². The summed E-state index contributed by atoms with van der Waals surface area (Å²) < 4.78 is 27.9. The molecule has 0 aliphatic rings. The molecule has 0 N–H and O–H groups in total. The summed E-state index contributed by atoms with van der Waals surface area (Å²) in [6, 6.07) is 8.60. The Bertz CT molecular complexity index is 375. The second-order valence-electron chi connectivity index (χ2n) is 3.10. The van der Waals surface area contributed by atoms with Crippen LogP contribution in [0.15, 0.2) is 30.3 Å². The second kappa shape index (κ2) is 6.09. The van der Waals surface area contributed by atoms with Gasteiger partial charge in [0.15, 0.2) is 0 Å². The van der Waals surface area contributed by atoms with Gasteiger partial charge in [-0.1, -0.05) is 31.5 Å². The Morgan fingerprint density at radius 3 is 2.53 bits per heavy atom. The van der Waals surface area contributed by atoms with Gasteiger partial charge in [0.1, 0.15) is 5.75 Å². The van der Waals surface area contributed by atoms with Crippen molar-refractivity contribution in [3.63, 3.8) is 0 Å². The van der Waals surface area contributed by atoms with Gasteiger partial charge in [-0.3, -0.25) is 0 Å². The highest BCUT2D eigenvalue weighted by Crippen LogP contribution is 2.26. The van der Waals surface area contributed by atoms with Gasteiger partial charge in [0, 0.05) is 7.78 Å². The van der Waals surface area contributed by atoms with Crippen LogP contribution < -0.4 is 4.18 Å². The molecule has 0 aliphatic carbocycles. The molecule has 0 bridgehead atoms. The lowest BCUT2D eigenvalue weighted by molar-refractivity contribution is 0.504. The molecule has 1 unspecified atom stereocenters. The molecule has 0 amide bonds. The fourth-order valence-electron chi connectivity index (χ4n) is 1.01. The van der Waals surface area contributed by atoms with E-state index in [1.165, 1.54) is 0 Å². The average Bonchev–Trinajstić information content (AvgIpc) is 2.18. The lowest BCUT2D eigenvalue weighted by Crippen LogP contribution is -2.03. The molecule has 1 aromatic carbocycles. The number of rotatable bonds is 6. The Hall–Kier alpha value is -0.600. The van der Waals surface area contributed by atoms with Crippen LogP contribution >= 0.6 is 7.78 Å². The van der Waals surface area contributed by atoms with Gasteiger partial charge in [-0.05, 0) is 24.7 Å². The minimum Gasteiger partial charge on any atom is -0.380 e. The fraction of sp³-hybridized carbons (Fsp3) is 0.400. The van der Waals surface area contributed by atoms with Gasteiger partial charge < -0.3 is 4.18 Å². The van der Waals surface area contributed by atoms with Crippen molar-refractivity contribution >= 4 is 17.5 Å². The molecule has 0 aliphatic heterocycles. The summed E-state index contributed by atoms with van der Waals surface area (Å²) in [7, 11) is -3.54. The quantitative estimate of drug-likeness (QED) is 0.572. The molecule has 0 spiro atoms. The van der Waals surface area contributed by atoms with E-state index in [0.717, 1.165) is 12.8 Å². The van der Waals surface area contributed by atoms with Crippen molar-refractivity contribution < 1.29 is 12.6 Å². The van der Waals surface area contributed by atoms with Crippen molar-refractivity contribution in [2.24, 2.45) is 0 Å². The molecule has 1 aromatic rings. The SMILES string of the molecule is CCCCPS(=O)(=O)Oc1ccccc1. The lowest BCUT2D eigenvalue weighted by atomic mass is 10.3.